The van der Waals surface area contributed by atoms with E-state index in [1.54, 1.807) is 24.6 Å². The molecular formula is C23H27N3O4S3. The fraction of sp³-hybridized carbons (Fsp3) is 0.522. The van der Waals surface area contributed by atoms with Crippen LogP contribution < -0.4 is 9.62 Å². The Hall–Kier alpha value is -1.59. The molecule has 1 aliphatic carbocycles. The van der Waals surface area contributed by atoms with E-state index in [0.717, 1.165) is 54.9 Å². The number of thiophene rings is 1. The van der Waals surface area contributed by atoms with E-state index in [-0.39, 0.29) is 16.6 Å². The Kier molecular flexibility index (Phi) is 5.30. The molecule has 2 spiro atoms. The molecule has 2 fully saturated rings. The van der Waals surface area contributed by atoms with Crippen molar-refractivity contribution in [1.29, 1.82) is 0 Å². The zero-order valence-electron chi connectivity index (χ0n) is 18.5. The molecule has 1 aromatic carbocycles. The normalized spacial score (nSPS) is 25.2. The monoisotopic (exact) mass is 505 g/mol. The number of sulfonamides is 1. The minimum Gasteiger partial charge on any atom is -0.374 e. The van der Waals surface area contributed by atoms with E-state index in [2.05, 4.69) is 11.4 Å². The Bertz CT molecular complexity index is 1180. The van der Waals surface area contributed by atoms with E-state index in [9.17, 15) is 8.42 Å². The lowest BCUT2D eigenvalue weighted by atomic mass is 9.84. The van der Waals surface area contributed by atoms with Gasteiger partial charge in [0.1, 0.15) is 4.21 Å². The summed E-state index contributed by atoms with van der Waals surface area (Å²) in [7, 11) is -1.96. The van der Waals surface area contributed by atoms with Gasteiger partial charge in [-0.25, -0.2) is 8.42 Å². The number of anilines is 2. The van der Waals surface area contributed by atoms with Gasteiger partial charge in [0.25, 0.3) is 10.0 Å². The van der Waals surface area contributed by atoms with Crippen molar-refractivity contribution in [1.82, 2.24) is 0 Å². The molecule has 0 radical (unpaired) electrons. The van der Waals surface area contributed by atoms with Gasteiger partial charge < -0.3 is 14.8 Å². The molecule has 6 rings (SSSR count). The third-order valence-electron chi connectivity index (χ3n) is 7.20. The highest BCUT2D eigenvalue weighted by Gasteiger charge is 2.49. The van der Waals surface area contributed by atoms with Crippen LogP contribution in [0.25, 0.3) is 0 Å². The number of hydrogen-bond acceptors (Lipinski definition) is 8. The lowest BCUT2D eigenvalue weighted by Gasteiger charge is -2.40. The summed E-state index contributed by atoms with van der Waals surface area (Å²) >= 11 is 3.14. The van der Waals surface area contributed by atoms with E-state index in [1.165, 1.54) is 15.6 Å². The van der Waals surface area contributed by atoms with Crippen LogP contribution in [0, 0.1) is 0 Å². The van der Waals surface area contributed by atoms with Gasteiger partial charge in [-0.1, -0.05) is 18.2 Å². The van der Waals surface area contributed by atoms with Crippen LogP contribution in [-0.4, -0.2) is 56.8 Å². The zero-order valence-corrected chi connectivity index (χ0v) is 20.9. The highest BCUT2D eigenvalue weighted by atomic mass is 32.2. The van der Waals surface area contributed by atoms with Gasteiger partial charge in [-0.05, 0) is 35.9 Å². The van der Waals surface area contributed by atoms with Crippen molar-refractivity contribution < 1.29 is 17.9 Å². The van der Waals surface area contributed by atoms with Crippen molar-refractivity contribution in [3.05, 3.63) is 41.3 Å². The van der Waals surface area contributed by atoms with Crippen LogP contribution in [0.3, 0.4) is 0 Å². The second-order valence-corrected chi connectivity index (χ2v) is 13.8. The second-order valence-electron chi connectivity index (χ2n) is 9.16. The van der Waals surface area contributed by atoms with Crippen molar-refractivity contribution in [3.63, 3.8) is 0 Å². The number of thioether (sulfide) groups is 1. The van der Waals surface area contributed by atoms with Crippen molar-refractivity contribution in [2.75, 3.05) is 36.4 Å². The molecular weight excluding hydrogens is 478 g/mol. The van der Waals surface area contributed by atoms with Crippen LogP contribution in [0.15, 0.2) is 44.9 Å². The van der Waals surface area contributed by atoms with Gasteiger partial charge in [0, 0.05) is 31.1 Å². The molecule has 1 saturated heterocycles. The average Bonchev–Trinajstić information content (AvgIpc) is 3.61. The van der Waals surface area contributed by atoms with Gasteiger partial charge in [-0.2, -0.15) is 0 Å². The van der Waals surface area contributed by atoms with Crippen molar-refractivity contribution in [3.8, 4) is 0 Å². The summed E-state index contributed by atoms with van der Waals surface area (Å²) in [5, 5.41) is 6.53. The van der Waals surface area contributed by atoms with E-state index in [4.69, 9.17) is 14.5 Å². The number of benzene rings is 1. The summed E-state index contributed by atoms with van der Waals surface area (Å²) in [6.07, 6.45) is 4.75. The fourth-order valence-electron chi connectivity index (χ4n) is 5.28. The first-order chi connectivity index (χ1) is 15.9. The Morgan fingerprint density at radius 2 is 1.91 bits per heavy atom. The average molecular weight is 506 g/mol. The predicted octanol–water partition coefficient (Wildman–Crippen LogP) is 4.11. The van der Waals surface area contributed by atoms with Gasteiger partial charge >= 0.3 is 0 Å². The Morgan fingerprint density at radius 1 is 1.12 bits per heavy atom. The molecule has 7 nitrogen and oxygen atoms in total. The molecule has 1 aromatic heterocycles. The first-order valence-electron chi connectivity index (χ1n) is 11.3. The Labute approximate surface area is 202 Å². The molecule has 1 unspecified atom stereocenters. The number of rotatable bonds is 4. The Morgan fingerprint density at radius 3 is 2.64 bits per heavy atom. The Balaban J connectivity index is 1.18. The maximum absolute atomic E-state index is 13.1. The number of para-hydroxylation sites is 1. The van der Waals surface area contributed by atoms with E-state index in [0.29, 0.717) is 23.1 Å². The highest BCUT2D eigenvalue weighted by molar-refractivity contribution is 8.15. The molecule has 1 atom stereocenters. The molecule has 1 saturated carbocycles. The second kappa shape index (κ2) is 7.98. The van der Waals surface area contributed by atoms with Crippen LogP contribution in [0.1, 0.15) is 31.2 Å². The maximum Gasteiger partial charge on any atom is 0.273 e. The molecule has 0 bridgehead atoms. The van der Waals surface area contributed by atoms with Crippen LogP contribution in [0.5, 0.6) is 0 Å². The first-order valence-corrected chi connectivity index (χ1v) is 14.5. The largest absolute Gasteiger partial charge is 0.374 e. The number of aliphatic imine (C=N–C) groups is 1. The molecule has 33 heavy (non-hydrogen) atoms. The number of nitrogens with zero attached hydrogens (tertiary/aromatic N) is 2. The molecule has 10 heteroatoms. The van der Waals surface area contributed by atoms with E-state index >= 15 is 0 Å². The van der Waals surface area contributed by atoms with Crippen LogP contribution in [-0.2, 0) is 25.9 Å². The van der Waals surface area contributed by atoms with Gasteiger partial charge in [0.2, 0.25) is 0 Å². The molecule has 3 aliphatic heterocycles. The molecule has 2 aromatic rings. The number of nitrogens with one attached hydrogen (secondary N) is 1. The van der Waals surface area contributed by atoms with Crippen molar-refractivity contribution in [2.24, 2.45) is 4.99 Å². The summed E-state index contributed by atoms with van der Waals surface area (Å²) in [6, 6.07) is 9.37. The fourth-order valence-corrected chi connectivity index (χ4v) is 9.04. The predicted molar refractivity (Wildman–Crippen MR) is 133 cm³/mol. The minimum absolute atomic E-state index is 0.0817. The third-order valence-corrected chi connectivity index (χ3v) is 11.9. The lowest BCUT2D eigenvalue weighted by molar-refractivity contribution is -0.179. The molecule has 176 valence electrons. The van der Waals surface area contributed by atoms with Gasteiger partial charge in [0.15, 0.2) is 5.79 Å². The summed E-state index contributed by atoms with van der Waals surface area (Å²) in [5.74, 6) is -0.357. The van der Waals surface area contributed by atoms with Crippen molar-refractivity contribution >= 4 is 49.5 Å². The highest BCUT2D eigenvalue weighted by Crippen LogP contribution is 2.51. The standard InChI is InChI=1S/C23H27N3O4S3/c1-26(33(27,28)19-6-3-13-31-19)18-5-2-4-16-14-17(25-20(16)18)21-24-15-22(32-21)7-9-23(10-8-22)29-11-12-30-23/h2-6,13,17,25H,7-12,14-15H2,1H3. The first kappa shape index (κ1) is 21.9. The van der Waals surface area contributed by atoms with Crippen LogP contribution in [0.4, 0.5) is 11.4 Å². The minimum atomic E-state index is -3.59. The van der Waals surface area contributed by atoms with Crippen LogP contribution >= 0.6 is 23.1 Å². The molecule has 0 amide bonds. The topological polar surface area (TPSA) is 80.2 Å². The van der Waals surface area contributed by atoms with Gasteiger partial charge in [-0.3, -0.25) is 9.30 Å². The van der Waals surface area contributed by atoms with E-state index in [1.807, 2.05) is 23.9 Å². The summed E-state index contributed by atoms with van der Waals surface area (Å²) in [6.45, 7) is 2.23. The third kappa shape index (κ3) is 3.70. The van der Waals surface area contributed by atoms with Gasteiger partial charge in [-0.15, -0.1) is 23.1 Å². The summed E-state index contributed by atoms with van der Waals surface area (Å²) in [5.41, 5.74) is 2.70. The van der Waals surface area contributed by atoms with Crippen molar-refractivity contribution in [2.45, 2.75) is 52.9 Å². The zero-order chi connectivity index (χ0) is 22.7. The smallest absolute Gasteiger partial charge is 0.273 e. The molecule has 4 aliphatic rings. The summed E-state index contributed by atoms with van der Waals surface area (Å²) in [4.78, 5) is 4.96. The molecule has 1 N–H and O–H groups in total. The lowest BCUT2D eigenvalue weighted by Crippen LogP contribution is -2.42. The maximum atomic E-state index is 13.1. The van der Waals surface area contributed by atoms with Crippen LogP contribution in [0.2, 0.25) is 0 Å². The molecule has 4 heterocycles. The number of fused-ring (bicyclic) bond motifs is 1. The number of ether oxygens (including phenoxy) is 2. The summed E-state index contributed by atoms with van der Waals surface area (Å²) < 4.78 is 39.9. The quantitative estimate of drug-likeness (QED) is 0.674. The number of hydrogen-bond donors (Lipinski definition) is 1. The SMILES string of the molecule is CN(c1cccc2c1NC(C1=NCC3(CCC4(CC3)OCCO4)S1)C2)S(=O)(=O)c1cccs1. The van der Waals surface area contributed by atoms with E-state index < -0.39 is 10.0 Å². The van der Waals surface area contributed by atoms with Gasteiger partial charge in [0.05, 0.1) is 42.2 Å².